The van der Waals surface area contributed by atoms with Gasteiger partial charge in [0.15, 0.2) is 0 Å². The van der Waals surface area contributed by atoms with Gasteiger partial charge in [0.05, 0.1) is 11.0 Å². The number of imidazole rings is 1. The van der Waals surface area contributed by atoms with Crippen molar-refractivity contribution in [3.05, 3.63) is 90.3 Å². The van der Waals surface area contributed by atoms with Gasteiger partial charge in [-0.2, -0.15) is 4.39 Å². The lowest BCUT2D eigenvalue weighted by Crippen LogP contribution is -2.18. The highest BCUT2D eigenvalue weighted by molar-refractivity contribution is 5.92. The molecule has 0 saturated carbocycles. The third-order valence-corrected chi connectivity index (χ3v) is 6.40. The van der Waals surface area contributed by atoms with Gasteiger partial charge >= 0.3 is 0 Å². The number of ether oxygens (including phenoxy) is 1. The van der Waals surface area contributed by atoms with Crippen molar-refractivity contribution < 1.29 is 13.9 Å². The molecule has 198 valence electrons. The zero-order chi connectivity index (χ0) is 27.7. The number of nitrogens with zero attached hydrogens (tertiary/aromatic N) is 4. The van der Waals surface area contributed by atoms with Gasteiger partial charge in [-0.05, 0) is 58.5 Å². The molecule has 39 heavy (non-hydrogen) atoms. The van der Waals surface area contributed by atoms with E-state index in [9.17, 15) is 9.18 Å². The normalized spacial score (nSPS) is 11.4. The highest BCUT2D eigenvalue weighted by Gasteiger charge is 2.20. The van der Waals surface area contributed by atoms with Crippen LogP contribution in [0, 0.1) is 5.95 Å². The Morgan fingerprint density at radius 3 is 2.46 bits per heavy atom. The van der Waals surface area contributed by atoms with Crippen LogP contribution < -0.4 is 15.4 Å². The summed E-state index contributed by atoms with van der Waals surface area (Å²) in [6, 6.07) is 18.2. The van der Waals surface area contributed by atoms with Gasteiger partial charge in [0.2, 0.25) is 11.9 Å². The van der Waals surface area contributed by atoms with Crippen molar-refractivity contribution in [1.29, 1.82) is 0 Å². The van der Waals surface area contributed by atoms with E-state index in [0.29, 0.717) is 17.4 Å². The maximum absolute atomic E-state index is 14.0. The number of benzene rings is 2. The molecule has 2 aromatic carbocycles. The molecule has 1 amide bonds. The molecule has 0 aliphatic heterocycles. The molecule has 0 fully saturated rings. The van der Waals surface area contributed by atoms with Crippen LogP contribution in [0.4, 0.5) is 16.0 Å². The van der Waals surface area contributed by atoms with Crippen molar-refractivity contribution in [2.45, 2.75) is 26.2 Å². The van der Waals surface area contributed by atoms with Gasteiger partial charge in [0.1, 0.15) is 17.2 Å². The summed E-state index contributed by atoms with van der Waals surface area (Å²) in [5.74, 6) is 0.914. The minimum atomic E-state index is -0.518. The standard InChI is InChI=1S/C30H29FN6O2/c1-30(2,3)23-8-6-19(15-22(23)18-10-12-34-27(31)14-18)35-29-36-24-16-20(7-9-26(24)37(29)5)39-21-11-13-33-25(17-21)28(38)32-4/h6-17H,1-5H3,(H,32,38)(H,35,36). The van der Waals surface area contributed by atoms with Crippen molar-refractivity contribution in [1.82, 2.24) is 24.8 Å². The second-order valence-electron chi connectivity index (χ2n) is 10.2. The molecular formula is C30H29FN6O2. The minimum absolute atomic E-state index is 0.141. The fraction of sp³-hybridized carbons (Fsp3) is 0.200. The first-order chi connectivity index (χ1) is 18.6. The van der Waals surface area contributed by atoms with Crippen LogP contribution in [0.25, 0.3) is 22.2 Å². The van der Waals surface area contributed by atoms with E-state index in [1.54, 1.807) is 19.2 Å². The Balaban J connectivity index is 1.45. The Labute approximate surface area is 225 Å². The van der Waals surface area contributed by atoms with Crippen molar-refractivity contribution in [3.8, 4) is 22.6 Å². The molecule has 0 saturated heterocycles. The van der Waals surface area contributed by atoms with Crippen molar-refractivity contribution in [3.63, 3.8) is 0 Å². The van der Waals surface area contributed by atoms with Crippen LogP contribution in [0.15, 0.2) is 73.1 Å². The van der Waals surface area contributed by atoms with Crippen LogP contribution in [-0.4, -0.2) is 32.5 Å². The molecule has 0 spiro atoms. The molecule has 8 nitrogen and oxygen atoms in total. The second kappa shape index (κ2) is 10.2. The quantitative estimate of drug-likeness (QED) is 0.251. The lowest BCUT2D eigenvalue weighted by molar-refractivity contribution is 0.0958. The first-order valence-corrected chi connectivity index (χ1v) is 12.5. The van der Waals surface area contributed by atoms with Crippen LogP contribution in [0.2, 0.25) is 0 Å². The maximum Gasteiger partial charge on any atom is 0.269 e. The molecule has 0 atom stereocenters. The summed E-state index contributed by atoms with van der Waals surface area (Å²) in [6.07, 6.45) is 3.01. The molecule has 3 heterocycles. The average Bonchev–Trinajstić information content (AvgIpc) is 3.21. The summed E-state index contributed by atoms with van der Waals surface area (Å²) in [5, 5.41) is 5.96. The molecule has 0 unspecified atom stereocenters. The Hall–Kier alpha value is -4.79. The fourth-order valence-electron chi connectivity index (χ4n) is 4.43. The molecular weight excluding hydrogens is 495 g/mol. The summed E-state index contributed by atoms with van der Waals surface area (Å²) in [6.45, 7) is 6.40. The lowest BCUT2D eigenvalue weighted by atomic mass is 9.82. The number of anilines is 2. The van der Waals surface area contributed by atoms with Gasteiger partial charge in [-0.15, -0.1) is 0 Å². The Morgan fingerprint density at radius 1 is 0.949 bits per heavy atom. The lowest BCUT2D eigenvalue weighted by Gasteiger charge is -2.24. The van der Waals surface area contributed by atoms with Crippen LogP contribution in [0.5, 0.6) is 11.5 Å². The number of rotatable bonds is 6. The van der Waals surface area contributed by atoms with Gasteiger partial charge in [-0.3, -0.25) is 9.78 Å². The molecule has 0 aliphatic carbocycles. The second-order valence-corrected chi connectivity index (χ2v) is 10.2. The number of aromatic nitrogens is 4. The van der Waals surface area contributed by atoms with E-state index in [-0.39, 0.29) is 17.0 Å². The van der Waals surface area contributed by atoms with E-state index in [0.717, 1.165) is 33.4 Å². The van der Waals surface area contributed by atoms with Gasteiger partial charge < -0.3 is 19.9 Å². The van der Waals surface area contributed by atoms with E-state index in [4.69, 9.17) is 9.72 Å². The number of halogens is 1. The molecule has 0 radical (unpaired) electrons. The van der Waals surface area contributed by atoms with E-state index < -0.39 is 5.95 Å². The summed E-state index contributed by atoms with van der Waals surface area (Å²) >= 11 is 0. The zero-order valence-electron chi connectivity index (χ0n) is 22.4. The highest BCUT2D eigenvalue weighted by atomic mass is 19.1. The summed E-state index contributed by atoms with van der Waals surface area (Å²) < 4.78 is 21.9. The highest BCUT2D eigenvalue weighted by Crippen LogP contribution is 2.36. The van der Waals surface area contributed by atoms with Gasteiger partial charge in [0.25, 0.3) is 5.91 Å². The summed E-state index contributed by atoms with van der Waals surface area (Å²) in [4.78, 5) is 24.5. The maximum atomic E-state index is 14.0. The van der Waals surface area contributed by atoms with Crippen LogP contribution in [0.3, 0.4) is 0 Å². The Bertz CT molecular complexity index is 1690. The molecule has 0 aliphatic rings. The number of nitrogens with one attached hydrogen (secondary N) is 2. The largest absolute Gasteiger partial charge is 0.457 e. The third kappa shape index (κ3) is 5.43. The monoisotopic (exact) mass is 524 g/mol. The van der Waals surface area contributed by atoms with Crippen LogP contribution >= 0.6 is 0 Å². The number of hydrogen-bond donors (Lipinski definition) is 2. The van der Waals surface area contributed by atoms with Crippen molar-refractivity contribution in [2.75, 3.05) is 12.4 Å². The van der Waals surface area contributed by atoms with Crippen molar-refractivity contribution in [2.24, 2.45) is 7.05 Å². The van der Waals surface area contributed by atoms with E-state index >= 15 is 0 Å². The first-order valence-electron chi connectivity index (χ1n) is 12.5. The Morgan fingerprint density at radius 2 is 1.72 bits per heavy atom. The van der Waals surface area contributed by atoms with Crippen LogP contribution in [-0.2, 0) is 12.5 Å². The first kappa shape index (κ1) is 25.8. The summed E-state index contributed by atoms with van der Waals surface area (Å²) in [7, 11) is 3.48. The molecule has 5 rings (SSSR count). The molecule has 2 N–H and O–H groups in total. The van der Waals surface area contributed by atoms with Gasteiger partial charge in [-0.25, -0.2) is 9.97 Å². The number of carbonyl (C=O) groups excluding carboxylic acids is 1. The topological polar surface area (TPSA) is 94.0 Å². The smallest absolute Gasteiger partial charge is 0.269 e. The van der Waals surface area contributed by atoms with E-state index in [1.807, 2.05) is 48.0 Å². The number of aryl methyl sites for hydroxylation is 1. The van der Waals surface area contributed by atoms with Gasteiger partial charge in [0, 0.05) is 50.4 Å². The van der Waals surface area contributed by atoms with Crippen molar-refractivity contribution >= 4 is 28.6 Å². The molecule has 3 aromatic heterocycles. The predicted molar refractivity (Wildman–Crippen MR) is 150 cm³/mol. The molecule has 0 bridgehead atoms. The van der Waals surface area contributed by atoms with E-state index in [1.165, 1.54) is 18.5 Å². The predicted octanol–water partition coefficient (Wildman–Crippen LogP) is 6.36. The number of hydrogen-bond acceptors (Lipinski definition) is 6. The number of fused-ring (bicyclic) bond motifs is 1. The Kier molecular flexibility index (Phi) is 6.74. The molecule has 5 aromatic rings. The number of pyridine rings is 2. The number of carbonyl (C=O) groups is 1. The average molecular weight is 525 g/mol. The summed E-state index contributed by atoms with van der Waals surface area (Å²) in [5.41, 5.74) is 5.39. The minimum Gasteiger partial charge on any atom is -0.457 e. The molecule has 9 heteroatoms. The zero-order valence-corrected chi connectivity index (χ0v) is 22.4. The van der Waals surface area contributed by atoms with Gasteiger partial charge in [-0.1, -0.05) is 26.8 Å². The van der Waals surface area contributed by atoms with E-state index in [2.05, 4.69) is 47.4 Å². The SMILES string of the molecule is CNC(=O)c1cc(Oc2ccc3c(c2)nc(Nc2ccc(C(C)(C)C)c(-c4ccnc(F)c4)c2)n3C)ccn1. The third-order valence-electron chi connectivity index (χ3n) is 6.40. The van der Waals surface area contributed by atoms with Crippen LogP contribution in [0.1, 0.15) is 36.8 Å². The number of amides is 1. The fourth-order valence-corrected chi connectivity index (χ4v) is 4.43.